The highest BCUT2D eigenvalue weighted by Crippen LogP contribution is 2.37. The van der Waals surface area contributed by atoms with Crippen molar-refractivity contribution in [3.63, 3.8) is 0 Å². The van der Waals surface area contributed by atoms with Crippen LogP contribution in [0.2, 0.25) is 0 Å². The van der Waals surface area contributed by atoms with Gasteiger partial charge < -0.3 is 10.4 Å². The zero-order chi connectivity index (χ0) is 15.4. The Labute approximate surface area is 128 Å². The van der Waals surface area contributed by atoms with Gasteiger partial charge in [0.1, 0.15) is 0 Å². The Morgan fingerprint density at radius 1 is 1.48 bits per heavy atom. The van der Waals surface area contributed by atoms with E-state index in [1.54, 1.807) is 16.7 Å². The summed E-state index contributed by atoms with van der Waals surface area (Å²) in [6.45, 7) is 3.07. The molecule has 0 radical (unpaired) electrons. The Kier molecular flexibility index (Phi) is 5.12. The number of urea groups is 1. The van der Waals surface area contributed by atoms with E-state index in [0.717, 1.165) is 11.3 Å². The van der Waals surface area contributed by atoms with Gasteiger partial charge in [0.15, 0.2) is 0 Å². The summed E-state index contributed by atoms with van der Waals surface area (Å²) in [5.74, 6) is -0.976. The van der Waals surface area contributed by atoms with Crippen LogP contribution < -0.4 is 10.2 Å². The Morgan fingerprint density at radius 3 is 2.86 bits per heavy atom. The third kappa shape index (κ3) is 3.69. The van der Waals surface area contributed by atoms with Crippen LogP contribution in [0.25, 0.3) is 0 Å². The fraction of sp³-hybridized carbons (Fsp3) is 0.467. The molecule has 0 fully saturated rings. The second-order valence-electron chi connectivity index (χ2n) is 5.20. The zero-order valence-corrected chi connectivity index (χ0v) is 13.0. The second kappa shape index (κ2) is 6.85. The van der Waals surface area contributed by atoms with Crippen molar-refractivity contribution in [2.75, 3.05) is 24.2 Å². The van der Waals surface area contributed by atoms with Crippen molar-refractivity contribution < 1.29 is 14.7 Å². The van der Waals surface area contributed by atoms with Gasteiger partial charge in [-0.05, 0) is 17.9 Å². The average Bonchev–Trinajstić information content (AvgIpc) is 2.83. The van der Waals surface area contributed by atoms with Crippen LogP contribution in [0.15, 0.2) is 24.3 Å². The van der Waals surface area contributed by atoms with Gasteiger partial charge in [-0.25, -0.2) is 4.79 Å². The number of nitrogens with one attached hydrogen (secondary N) is 1. The first-order valence-corrected chi connectivity index (χ1v) is 8.20. The van der Waals surface area contributed by atoms with Gasteiger partial charge in [0.2, 0.25) is 0 Å². The molecule has 0 saturated carbocycles. The molecular weight excluding hydrogens is 288 g/mol. The normalized spacial score (nSPS) is 18.2. The van der Waals surface area contributed by atoms with Crippen LogP contribution in [-0.4, -0.2) is 41.7 Å². The molecule has 1 aliphatic rings. The monoisotopic (exact) mass is 308 g/mol. The zero-order valence-electron chi connectivity index (χ0n) is 12.2. The summed E-state index contributed by atoms with van der Waals surface area (Å²) >= 11 is 1.69. The minimum Gasteiger partial charge on any atom is -0.481 e. The third-order valence-corrected chi connectivity index (χ3v) is 4.65. The number of para-hydroxylation sites is 1. The molecule has 2 N–H and O–H groups in total. The SMILES string of the molecule is CSC(C)CNC(=O)N1CC(CC(=O)O)c2ccccc21. The van der Waals surface area contributed by atoms with Crippen LogP contribution in [0.4, 0.5) is 10.5 Å². The minimum absolute atomic E-state index is 0.0437. The number of amides is 2. The van der Waals surface area contributed by atoms with Gasteiger partial charge in [0, 0.05) is 29.9 Å². The molecule has 5 nitrogen and oxygen atoms in total. The topological polar surface area (TPSA) is 69.6 Å². The maximum atomic E-state index is 12.3. The van der Waals surface area contributed by atoms with Gasteiger partial charge in [-0.3, -0.25) is 9.69 Å². The van der Waals surface area contributed by atoms with E-state index >= 15 is 0 Å². The number of carboxylic acids is 1. The molecule has 1 aromatic carbocycles. The van der Waals surface area contributed by atoms with Crippen molar-refractivity contribution >= 4 is 29.4 Å². The number of nitrogens with zero attached hydrogens (tertiary/aromatic N) is 1. The van der Waals surface area contributed by atoms with Crippen molar-refractivity contribution in [2.45, 2.75) is 24.5 Å². The van der Waals surface area contributed by atoms with E-state index in [1.807, 2.05) is 30.5 Å². The quantitative estimate of drug-likeness (QED) is 0.877. The molecule has 0 saturated heterocycles. The number of fused-ring (bicyclic) bond motifs is 1. The number of hydrogen-bond donors (Lipinski definition) is 2. The van der Waals surface area contributed by atoms with E-state index in [9.17, 15) is 9.59 Å². The predicted octanol–water partition coefficient (Wildman–Crippen LogP) is 2.53. The lowest BCUT2D eigenvalue weighted by Gasteiger charge is -2.19. The van der Waals surface area contributed by atoms with Crippen LogP contribution in [0.1, 0.15) is 24.8 Å². The number of benzene rings is 1. The van der Waals surface area contributed by atoms with Crippen LogP contribution in [-0.2, 0) is 4.79 Å². The number of carbonyl (C=O) groups excluding carboxylic acids is 1. The van der Waals surface area contributed by atoms with E-state index in [1.165, 1.54) is 0 Å². The van der Waals surface area contributed by atoms with Crippen molar-refractivity contribution in [3.8, 4) is 0 Å². The molecule has 2 amide bonds. The first-order chi connectivity index (χ1) is 10.0. The summed E-state index contributed by atoms with van der Waals surface area (Å²) in [4.78, 5) is 24.9. The highest BCUT2D eigenvalue weighted by atomic mass is 32.2. The van der Waals surface area contributed by atoms with E-state index < -0.39 is 5.97 Å². The van der Waals surface area contributed by atoms with Crippen molar-refractivity contribution in [2.24, 2.45) is 0 Å². The Balaban J connectivity index is 2.11. The van der Waals surface area contributed by atoms with Crippen molar-refractivity contribution in [1.82, 2.24) is 5.32 Å². The number of anilines is 1. The molecule has 2 unspecified atom stereocenters. The summed E-state index contributed by atoms with van der Waals surface area (Å²) in [6.07, 6.45) is 2.05. The fourth-order valence-corrected chi connectivity index (χ4v) is 2.73. The maximum Gasteiger partial charge on any atom is 0.321 e. The molecule has 0 bridgehead atoms. The fourth-order valence-electron chi connectivity index (χ4n) is 2.48. The molecule has 0 aliphatic carbocycles. The maximum absolute atomic E-state index is 12.3. The van der Waals surface area contributed by atoms with Gasteiger partial charge in [-0.1, -0.05) is 25.1 Å². The molecular formula is C15H20N2O3S. The molecule has 1 aromatic rings. The van der Waals surface area contributed by atoms with Gasteiger partial charge >= 0.3 is 12.0 Å². The number of carbonyl (C=O) groups is 2. The highest BCUT2D eigenvalue weighted by Gasteiger charge is 2.33. The number of aliphatic carboxylic acids is 1. The largest absolute Gasteiger partial charge is 0.481 e. The summed E-state index contributed by atoms with van der Waals surface area (Å²) < 4.78 is 0. The summed E-state index contributed by atoms with van der Waals surface area (Å²) in [5.41, 5.74) is 1.76. The molecule has 114 valence electrons. The Hall–Kier alpha value is -1.69. The van der Waals surface area contributed by atoms with Gasteiger partial charge in [-0.15, -0.1) is 0 Å². The lowest BCUT2D eigenvalue weighted by Crippen LogP contribution is -2.41. The molecule has 21 heavy (non-hydrogen) atoms. The van der Waals surface area contributed by atoms with E-state index in [2.05, 4.69) is 12.2 Å². The molecule has 6 heteroatoms. The molecule has 1 aliphatic heterocycles. The number of thioether (sulfide) groups is 1. The Morgan fingerprint density at radius 2 is 2.19 bits per heavy atom. The van der Waals surface area contributed by atoms with Crippen molar-refractivity contribution in [1.29, 1.82) is 0 Å². The lowest BCUT2D eigenvalue weighted by atomic mass is 9.98. The number of hydrogen-bond acceptors (Lipinski definition) is 3. The van der Waals surface area contributed by atoms with Crippen LogP contribution in [0.3, 0.4) is 0 Å². The van der Waals surface area contributed by atoms with Gasteiger partial charge in [0.25, 0.3) is 0 Å². The minimum atomic E-state index is -0.840. The molecule has 2 rings (SSSR count). The van der Waals surface area contributed by atoms with Crippen LogP contribution in [0, 0.1) is 0 Å². The lowest BCUT2D eigenvalue weighted by molar-refractivity contribution is -0.137. The molecule has 2 atom stereocenters. The summed E-state index contributed by atoms with van der Waals surface area (Å²) in [5, 5.41) is 12.3. The predicted molar refractivity (Wildman–Crippen MR) is 85.2 cm³/mol. The molecule has 0 aromatic heterocycles. The van der Waals surface area contributed by atoms with Crippen LogP contribution >= 0.6 is 11.8 Å². The highest BCUT2D eigenvalue weighted by molar-refractivity contribution is 7.99. The number of carboxylic acid groups (broad SMARTS) is 1. The average molecular weight is 308 g/mol. The summed E-state index contributed by atoms with van der Waals surface area (Å²) in [6, 6.07) is 7.36. The molecule has 0 spiro atoms. The third-order valence-electron chi connectivity index (χ3n) is 3.68. The van der Waals surface area contributed by atoms with Crippen LogP contribution in [0.5, 0.6) is 0 Å². The van der Waals surface area contributed by atoms with Gasteiger partial charge in [0.05, 0.1) is 6.42 Å². The van der Waals surface area contributed by atoms with Crippen molar-refractivity contribution in [3.05, 3.63) is 29.8 Å². The summed E-state index contributed by atoms with van der Waals surface area (Å²) in [7, 11) is 0. The van der Waals surface area contributed by atoms with E-state index in [0.29, 0.717) is 18.3 Å². The molecule has 1 heterocycles. The smallest absolute Gasteiger partial charge is 0.321 e. The van der Waals surface area contributed by atoms with E-state index in [-0.39, 0.29) is 18.4 Å². The second-order valence-corrected chi connectivity index (χ2v) is 6.47. The van der Waals surface area contributed by atoms with E-state index in [4.69, 9.17) is 5.11 Å². The first kappa shape index (κ1) is 15.7. The van der Waals surface area contributed by atoms with Gasteiger partial charge in [-0.2, -0.15) is 11.8 Å². The first-order valence-electron chi connectivity index (χ1n) is 6.91. The standard InChI is InChI=1S/C15H20N2O3S/c1-10(21-2)8-16-15(20)17-9-11(7-14(18)19)12-5-3-4-6-13(12)17/h3-6,10-11H,7-9H2,1-2H3,(H,16,20)(H,18,19). The Bertz CT molecular complexity index is 535. The number of rotatable bonds is 5.